The van der Waals surface area contributed by atoms with Crippen LogP contribution in [0.15, 0.2) is 60.2 Å². The van der Waals surface area contributed by atoms with Crippen LogP contribution < -0.4 is 0 Å². The summed E-state index contributed by atoms with van der Waals surface area (Å²) in [5, 5.41) is 0. The van der Waals surface area contributed by atoms with Crippen LogP contribution in [-0.2, 0) is 28.5 Å². The Morgan fingerprint density at radius 2 is 1.12 bits per heavy atom. The van der Waals surface area contributed by atoms with Crippen molar-refractivity contribution >= 4 is 35.7 Å². The van der Waals surface area contributed by atoms with E-state index in [0.29, 0.717) is 43.0 Å². The van der Waals surface area contributed by atoms with E-state index in [2.05, 4.69) is 0 Å². The van der Waals surface area contributed by atoms with Crippen LogP contribution >= 0.6 is 0 Å². The highest BCUT2D eigenvalue weighted by Gasteiger charge is 2.42. The molecule has 0 spiro atoms. The highest BCUT2D eigenvalue weighted by Crippen LogP contribution is 2.40. The lowest BCUT2D eigenvalue weighted by Gasteiger charge is -2.27. The van der Waals surface area contributed by atoms with Crippen molar-refractivity contribution in [1.29, 1.82) is 0 Å². The molecule has 2 aromatic carbocycles. The van der Waals surface area contributed by atoms with Gasteiger partial charge < -0.3 is 18.9 Å². The van der Waals surface area contributed by atoms with Crippen LogP contribution in [-0.4, -0.2) is 95.1 Å². The summed E-state index contributed by atoms with van der Waals surface area (Å²) in [6, 6.07) is 11.7. The smallest absolute Gasteiger partial charge is 0.411 e. The molecule has 0 radical (unpaired) electrons. The Morgan fingerprint density at radius 3 is 1.59 bits per heavy atom. The molecule has 2 aliphatic heterocycles. The standard InChI is InChI=1S/C39H46N2O10/c1-38(2,3)50-36(46)40-19-7-8-30(40)34(44)48-22-32(42)27-15-11-24(12-16-27)25-13-17-28(18-14-25)33(43)23-49-35(45)31-20-29(26-9-10-26)21-41(31)37(47)51-39(4,5)6/h11-18,20,26,30-31H,7-10,19,21-23H2,1-6H3. The van der Waals surface area contributed by atoms with Gasteiger partial charge >= 0.3 is 24.1 Å². The maximum atomic E-state index is 13.0. The molecule has 2 aromatic rings. The number of carbonyl (C=O) groups is 6. The second-order valence-electron chi connectivity index (χ2n) is 15.1. The van der Waals surface area contributed by atoms with Gasteiger partial charge in [0.1, 0.15) is 17.2 Å². The molecule has 2 atom stereocenters. The fourth-order valence-corrected chi connectivity index (χ4v) is 5.92. The normalized spacial score (nSPS) is 18.9. The average Bonchev–Trinajstić information content (AvgIpc) is 3.61. The predicted molar refractivity (Wildman–Crippen MR) is 186 cm³/mol. The molecule has 51 heavy (non-hydrogen) atoms. The summed E-state index contributed by atoms with van der Waals surface area (Å²) >= 11 is 0. The summed E-state index contributed by atoms with van der Waals surface area (Å²) in [5.74, 6) is -1.76. The number of amides is 2. The van der Waals surface area contributed by atoms with Crippen molar-refractivity contribution in [3.8, 4) is 11.1 Å². The number of likely N-dealkylation sites (tertiary alicyclic amines) is 1. The summed E-state index contributed by atoms with van der Waals surface area (Å²) < 4.78 is 21.6. The molecule has 0 aromatic heterocycles. The Hall–Kier alpha value is -5.00. The molecule has 2 unspecified atom stereocenters. The minimum absolute atomic E-state index is 0.300. The molecule has 0 N–H and O–H groups in total. The van der Waals surface area contributed by atoms with Gasteiger partial charge in [0.05, 0.1) is 0 Å². The summed E-state index contributed by atoms with van der Waals surface area (Å²) in [6.45, 7) is 10.3. The molecule has 5 rings (SSSR count). The Kier molecular flexibility index (Phi) is 11.0. The number of ether oxygens (including phenoxy) is 4. The molecule has 1 aliphatic carbocycles. The van der Waals surface area contributed by atoms with Crippen molar-refractivity contribution in [2.24, 2.45) is 5.92 Å². The highest BCUT2D eigenvalue weighted by atomic mass is 16.6. The fourth-order valence-electron chi connectivity index (χ4n) is 5.92. The minimum Gasteiger partial charge on any atom is -0.456 e. The fraction of sp³-hybridized carbons (Fsp3) is 0.487. The molecule has 1 saturated heterocycles. The lowest BCUT2D eigenvalue weighted by Crippen LogP contribution is -2.44. The van der Waals surface area contributed by atoms with Gasteiger partial charge in [-0.1, -0.05) is 48.5 Å². The van der Waals surface area contributed by atoms with Gasteiger partial charge in [0.2, 0.25) is 0 Å². The zero-order valence-corrected chi connectivity index (χ0v) is 30.1. The molecule has 272 valence electrons. The molecule has 3 aliphatic rings. The summed E-state index contributed by atoms with van der Waals surface area (Å²) in [6.07, 6.45) is 3.67. The van der Waals surface area contributed by atoms with Gasteiger partial charge in [0.25, 0.3) is 0 Å². The topological polar surface area (TPSA) is 146 Å². The van der Waals surface area contributed by atoms with Gasteiger partial charge in [-0.3, -0.25) is 19.4 Å². The zero-order chi connectivity index (χ0) is 37.1. The van der Waals surface area contributed by atoms with E-state index in [-0.39, 0.29) is 0 Å². The van der Waals surface area contributed by atoms with E-state index >= 15 is 0 Å². The first-order valence-electron chi connectivity index (χ1n) is 17.3. The first kappa shape index (κ1) is 37.3. The van der Waals surface area contributed by atoms with Crippen molar-refractivity contribution in [3.63, 3.8) is 0 Å². The molecule has 2 fully saturated rings. The molecule has 2 heterocycles. The van der Waals surface area contributed by atoms with Crippen molar-refractivity contribution in [2.45, 2.75) is 90.5 Å². The third-order valence-corrected chi connectivity index (χ3v) is 8.62. The Morgan fingerprint density at radius 1 is 0.647 bits per heavy atom. The van der Waals surface area contributed by atoms with Gasteiger partial charge in [0, 0.05) is 24.2 Å². The number of esters is 2. The predicted octanol–water partition coefficient (Wildman–Crippen LogP) is 6.16. The van der Waals surface area contributed by atoms with Crippen LogP contribution in [0.4, 0.5) is 9.59 Å². The molecule has 1 saturated carbocycles. The number of nitrogens with zero attached hydrogens (tertiary/aromatic N) is 2. The van der Waals surface area contributed by atoms with Crippen LogP contribution in [0.1, 0.15) is 87.9 Å². The van der Waals surface area contributed by atoms with E-state index in [0.717, 1.165) is 29.5 Å². The van der Waals surface area contributed by atoms with E-state index in [4.69, 9.17) is 18.9 Å². The quantitative estimate of drug-likeness (QED) is 0.122. The zero-order valence-electron chi connectivity index (χ0n) is 30.1. The van der Waals surface area contributed by atoms with E-state index in [1.54, 1.807) is 96.1 Å². The van der Waals surface area contributed by atoms with Crippen LogP contribution in [0.2, 0.25) is 0 Å². The Labute approximate surface area is 298 Å². The van der Waals surface area contributed by atoms with Crippen LogP contribution in [0.3, 0.4) is 0 Å². The van der Waals surface area contributed by atoms with Crippen molar-refractivity contribution < 1.29 is 47.7 Å². The monoisotopic (exact) mass is 702 g/mol. The molecular formula is C39H46N2O10. The van der Waals surface area contributed by atoms with Gasteiger partial charge in [-0.15, -0.1) is 0 Å². The third kappa shape index (κ3) is 9.83. The lowest BCUT2D eigenvalue weighted by molar-refractivity contribution is -0.147. The maximum Gasteiger partial charge on any atom is 0.411 e. The number of hydrogen-bond acceptors (Lipinski definition) is 10. The number of rotatable bonds is 10. The van der Waals surface area contributed by atoms with Gasteiger partial charge in [-0.25, -0.2) is 19.2 Å². The van der Waals surface area contributed by atoms with Crippen LogP contribution in [0.5, 0.6) is 0 Å². The summed E-state index contributed by atoms with van der Waals surface area (Å²) in [4.78, 5) is 79.5. The molecule has 2 amide bonds. The van der Waals surface area contributed by atoms with Crippen LogP contribution in [0.25, 0.3) is 11.1 Å². The highest BCUT2D eigenvalue weighted by molar-refractivity contribution is 6.00. The first-order valence-corrected chi connectivity index (χ1v) is 17.3. The lowest BCUT2D eigenvalue weighted by atomic mass is 10.0. The SMILES string of the molecule is CC(C)(C)OC(=O)N1CC(C2CC2)=CC1C(=O)OCC(=O)c1ccc(-c2ccc(C(=O)COC(=O)C3CCCN3C(=O)OC(C)(C)C)cc2)cc1. The van der Waals surface area contributed by atoms with Crippen LogP contribution in [0, 0.1) is 5.92 Å². The van der Waals surface area contributed by atoms with Crippen molar-refractivity contribution in [3.05, 3.63) is 71.3 Å². The average molecular weight is 703 g/mol. The first-order chi connectivity index (χ1) is 24.0. The summed E-state index contributed by atoms with van der Waals surface area (Å²) in [5.41, 5.74) is 1.85. The second-order valence-corrected chi connectivity index (χ2v) is 15.1. The Bertz CT molecular complexity index is 1690. The van der Waals surface area contributed by atoms with E-state index in [1.165, 1.54) is 9.80 Å². The van der Waals surface area contributed by atoms with Crippen molar-refractivity contribution in [1.82, 2.24) is 9.80 Å². The number of carbonyl (C=O) groups excluding carboxylic acids is 6. The summed E-state index contributed by atoms with van der Waals surface area (Å²) in [7, 11) is 0. The minimum atomic E-state index is -0.950. The molecule has 0 bridgehead atoms. The molecule has 12 heteroatoms. The number of hydrogen-bond donors (Lipinski definition) is 0. The van der Waals surface area contributed by atoms with Gasteiger partial charge in [-0.05, 0) is 95.9 Å². The Balaban J connectivity index is 1.11. The number of Topliss-reactive ketones (excluding diaryl/α,β-unsaturated/α-hetero) is 2. The van der Waals surface area contributed by atoms with Crippen molar-refractivity contribution in [2.75, 3.05) is 26.3 Å². The maximum absolute atomic E-state index is 13.0. The van der Waals surface area contributed by atoms with Gasteiger partial charge in [-0.2, -0.15) is 0 Å². The van der Waals surface area contributed by atoms with Gasteiger partial charge in [0.15, 0.2) is 30.8 Å². The number of ketones is 2. The van der Waals surface area contributed by atoms with E-state index in [1.807, 2.05) is 0 Å². The molecule has 12 nitrogen and oxygen atoms in total. The second kappa shape index (κ2) is 15.1. The van der Waals surface area contributed by atoms with E-state index in [9.17, 15) is 28.8 Å². The number of benzene rings is 2. The molecular weight excluding hydrogens is 656 g/mol. The largest absolute Gasteiger partial charge is 0.456 e. The third-order valence-electron chi connectivity index (χ3n) is 8.62. The van der Waals surface area contributed by atoms with E-state index < -0.39 is 72.2 Å².